The van der Waals surface area contributed by atoms with Crippen LogP contribution in [0.15, 0.2) is 59.2 Å². The van der Waals surface area contributed by atoms with Crippen molar-refractivity contribution in [1.29, 1.82) is 0 Å². The molecule has 0 aliphatic heterocycles. The van der Waals surface area contributed by atoms with Crippen molar-refractivity contribution in [2.45, 2.75) is 24.3 Å². The Labute approximate surface area is 148 Å². The van der Waals surface area contributed by atoms with Gasteiger partial charge in [0.25, 0.3) is 0 Å². The lowest BCUT2D eigenvalue weighted by Crippen LogP contribution is -1.95. The van der Waals surface area contributed by atoms with Crippen LogP contribution in [0.3, 0.4) is 0 Å². The summed E-state index contributed by atoms with van der Waals surface area (Å²) >= 11 is -2.04. The van der Waals surface area contributed by atoms with Crippen molar-refractivity contribution in [2.75, 3.05) is 7.11 Å². The summed E-state index contributed by atoms with van der Waals surface area (Å²) in [5.74, 6) is 1.47. The zero-order chi connectivity index (χ0) is 17.8. The second-order valence-corrected chi connectivity index (χ2v) is 6.65. The molecule has 0 heterocycles. The number of benzene rings is 2. The molecule has 0 fully saturated rings. The predicted molar refractivity (Wildman–Crippen MR) is 94.6 cm³/mol. The molecular weight excluding hydrogens is 340 g/mol. The molecule has 3 rings (SSSR count). The molecule has 1 unspecified atom stereocenters. The fraction of sp³-hybridized carbons (Fsp3) is 0.211. The van der Waals surface area contributed by atoms with Crippen molar-refractivity contribution in [3.63, 3.8) is 0 Å². The van der Waals surface area contributed by atoms with Crippen molar-refractivity contribution >= 4 is 16.9 Å². The van der Waals surface area contributed by atoms with Crippen LogP contribution in [0.5, 0.6) is 5.75 Å². The van der Waals surface area contributed by atoms with Gasteiger partial charge in [-0.1, -0.05) is 18.2 Å². The van der Waals surface area contributed by atoms with Gasteiger partial charge in [0.05, 0.1) is 12.0 Å². The van der Waals surface area contributed by atoms with Crippen LogP contribution in [0.2, 0.25) is 0 Å². The third kappa shape index (κ3) is 4.15. The van der Waals surface area contributed by atoms with Crippen molar-refractivity contribution < 1.29 is 23.0 Å². The topological polar surface area (TPSA) is 72.8 Å². The van der Waals surface area contributed by atoms with Crippen LogP contribution in [-0.2, 0) is 27.2 Å². The van der Waals surface area contributed by atoms with Crippen molar-refractivity contribution in [1.82, 2.24) is 0 Å². The van der Waals surface area contributed by atoms with E-state index >= 15 is 0 Å². The minimum Gasteiger partial charge on any atom is -0.496 e. The molecule has 5 nitrogen and oxygen atoms in total. The third-order valence-corrected chi connectivity index (χ3v) is 4.63. The predicted octanol–water partition coefficient (Wildman–Crippen LogP) is 3.71. The van der Waals surface area contributed by atoms with Crippen LogP contribution in [0.4, 0.5) is 0 Å². The maximum Gasteiger partial charge on any atom is 0.186 e. The fourth-order valence-electron chi connectivity index (χ4n) is 2.70. The van der Waals surface area contributed by atoms with Crippen molar-refractivity contribution in [3.05, 3.63) is 59.9 Å². The molecule has 6 heteroatoms. The first-order valence-electron chi connectivity index (χ1n) is 7.81. The Hall–Kier alpha value is -2.44. The van der Waals surface area contributed by atoms with Crippen molar-refractivity contribution in [3.8, 4) is 16.9 Å². The molecule has 1 aliphatic rings. The Kier molecular flexibility index (Phi) is 5.31. The van der Waals surface area contributed by atoms with E-state index in [1.165, 1.54) is 0 Å². The van der Waals surface area contributed by atoms with E-state index in [0.717, 1.165) is 16.7 Å². The number of hydrogen-bond acceptors (Lipinski definition) is 4. The second kappa shape index (κ2) is 7.63. The zero-order valence-electron chi connectivity index (χ0n) is 13.7. The molecule has 130 valence electrons. The molecule has 0 aromatic heterocycles. The fourth-order valence-corrected chi connectivity index (χ4v) is 3.13. The average molecular weight is 358 g/mol. The molecule has 2 aromatic carbocycles. The largest absolute Gasteiger partial charge is 0.496 e. The summed E-state index contributed by atoms with van der Waals surface area (Å²) in [7, 11) is 1.58. The highest BCUT2D eigenvalue weighted by Crippen LogP contribution is 2.32. The molecule has 1 atom stereocenters. The van der Waals surface area contributed by atoms with Gasteiger partial charge in [0.1, 0.15) is 18.1 Å². The third-order valence-electron chi connectivity index (χ3n) is 3.97. The zero-order valence-corrected chi connectivity index (χ0v) is 14.5. The smallest absolute Gasteiger partial charge is 0.186 e. The lowest BCUT2D eigenvalue weighted by Gasteiger charge is -2.13. The Bertz CT molecular complexity index is 857. The molecule has 0 amide bonds. The van der Waals surface area contributed by atoms with Gasteiger partial charge in [-0.05, 0) is 35.4 Å². The minimum atomic E-state index is -2.04. The summed E-state index contributed by atoms with van der Waals surface area (Å²) in [5.41, 5.74) is 2.52. The molecule has 0 bridgehead atoms. The quantitative estimate of drug-likeness (QED) is 0.797. The number of ketones is 1. The number of carbonyl (C=O) groups is 1. The van der Waals surface area contributed by atoms with E-state index in [1.807, 2.05) is 24.3 Å². The van der Waals surface area contributed by atoms with Crippen LogP contribution >= 0.6 is 0 Å². The lowest BCUT2D eigenvalue weighted by molar-refractivity contribution is -0.114. The van der Waals surface area contributed by atoms with Gasteiger partial charge in [0.15, 0.2) is 16.9 Å². The average Bonchev–Trinajstić information content (AvgIpc) is 3.05. The van der Waals surface area contributed by atoms with Gasteiger partial charge in [0.2, 0.25) is 0 Å². The summed E-state index contributed by atoms with van der Waals surface area (Å²) < 4.78 is 31.7. The number of carbonyl (C=O) groups excluding carboxylic acids is 1. The van der Waals surface area contributed by atoms with Gasteiger partial charge in [-0.3, -0.25) is 4.79 Å². The van der Waals surface area contributed by atoms with E-state index < -0.39 is 11.1 Å². The SMILES string of the molecule is COc1ccc(COC2=CC(=O)CC2)cc1-c1cccc(S(=O)O)c1. The van der Waals surface area contributed by atoms with Gasteiger partial charge in [-0.2, -0.15) is 0 Å². The number of hydrogen-bond donors (Lipinski definition) is 1. The molecule has 0 radical (unpaired) electrons. The van der Waals surface area contributed by atoms with E-state index in [4.69, 9.17) is 9.47 Å². The molecule has 0 spiro atoms. The number of rotatable bonds is 6. The summed E-state index contributed by atoms with van der Waals surface area (Å²) in [6.07, 6.45) is 2.70. The van der Waals surface area contributed by atoms with E-state index in [0.29, 0.717) is 35.9 Å². The standard InChI is InChI=1S/C19H18O5S/c1-23-19-8-5-13(12-24-16-7-6-15(20)11-16)9-18(19)14-3-2-4-17(10-14)25(21)22/h2-5,8-11H,6-7,12H2,1H3,(H,21,22). The Morgan fingerprint density at radius 1 is 1.16 bits per heavy atom. The molecule has 1 N–H and O–H groups in total. The maximum atomic E-state index is 11.3. The highest BCUT2D eigenvalue weighted by atomic mass is 32.2. The van der Waals surface area contributed by atoms with Gasteiger partial charge >= 0.3 is 0 Å². The van der Waals surface area contributed by atoms with Gasteiger partial charge in [-0.25, -0.2) is 4.21 Å². The summed E-state index contributed by atoms with van der Waals surface area (Å²) in [5, 5.41) is 0. The Balaban J connectivity index is 1.87. The lowest BCUT2D eigenvalue weighted by atomic mass is 10.0. The molecule has 0 saturated carbocycles. The van der Waals surface area contributed by atoms with E-state index in [9.17, 15) is 13.6 Å². The first kappa shape index (κ1) is 17.4. The van der Waals surface area contributed by atoms with E-state index in [2.05, 4.69) is 0 Å². The van der Waals surface area contributed by atoms with Crippen LogP contribution < -0.4 is 4.74 Å². The number of allylic oxidation sites excluding steroid dienone is 2. The van der Waals surface area contributed by atoms with Crippen LogP contribution in [0, 0.1) is 0 Å². The Morgan fingerprint density at radius 2 is 2.00 bits per heavy atom. The van der Waals surface area contributed by atoms with E-state index in [-0.39, 0.29) is 5.78 Å². The molecular formula is C19H18O5S. The summed E-state index contributed by atoms with van der Waals surface area (Å²) in [6, 6.07) is 12.5. The van der Waals surface area contributed by atoms with E-state index in [1.54, 1.807) is 31.4 Å². The Morgan fingerprint density at radius 3 is 2.68 bits per heavy atom. The van der Waals surface area contributed by atoms with Gasteiger partial charge in [0, 0.05) is 24.5 Å². The normalized spacial score (nSPS) is 15.0. The maximum absolute atomic E-state index is 11.3. The van der Waals surface area contributed by atoms with Gasteiger partial charge < -0.3 is 14.0 Å². The summed E-state index contributed by atoms with van der Waals surface area (Å²) in [4.78, 5) is 11.6. The molecule has 25 heavy (non-hydrogen) atoms. The molecule has 1 aliphatic carbocycles. The minimum absolute atomic E-state index is 0.0965. The van der Waals surface area contributed by atoms with Crippen LogP contribution in [0.25, 0.3) is 11.1 Å². The first-order chi connectivity index (χ1) is 12.1. The van der Waals surface area contributed by atoms with Crippen molar-refractivity contribution in [2.24, 2.45) is 0 Å². The monoisotopic (exact) mass is 358 g/mol. The number of ether oxygens (including phenoxy) is 2. The van der Waals surface area contributed by atoms with Crippen LogP contribution in [-0.4, -0.2) is 21.7 Å². The molecule has 2 aromatic rings. The number of methoxy groups -OCH3 is 1. The molecule has 0 saturated heterocycles. The van der Waals surface area contributed by atoms with Gasteiger partial charge in [-0.15, -0.1) is 0 Å². The highest BCUT2D eigenvalue weighted by molar-refractivity contribution is 7.79. The second-order valence-electron chi connectivity index (χ2n) is 5.68. The summed E-state index contributed by atoms with van der Waals surface area (Å²) in [6.45, 7) is 0.349. The highest BCUT2D eigenvalue weighted by Gasteiger charge is 2.14. The first-order valence-corrected chi connectivity index (χ1v) is 8.92. The van der Waals surface area contributed by atoms with Crippen LogP contribution in [0.1, 0.15) is 18.4 Å².